The number of rotatable bonds is 6. The van der Waals surface area contributed by atoms with Crippen molar-refractivity contribution in [2.24, 2.45) is 0 Å². The predicted octanol–water partition coefficient (Wildman–Crippen LogP) is 5.61. The minimum Gasteiger partial charge on any atom is -0.494 e. The quantitative estimate of drug-likeness (QED) is 0.361. The third-order valence-corrected chi connectivity index (χ3v) is 5.82. The molecule has 3 aromatic carbocycles. The molecule has 0 atom stereocenters. The summed E-state index contributed by atoms with van der Waals surface area (Å²) in [4.78, 5) is 39.0. The molecule has 0 radical (unpaired) electrons. The summed E-state index contributed by atoms with van der Waals surface area (Å²) in [5, 5.41) is 2.70. The van der Waals surface area contributed by atoms with Crippen LogP contribution in [0.3, 0.4) is 0 Å². The molecule has 0 unspecified atom stereocenters. The van der Waals surface area contributed by atoms with E-state index in [0.29, 0.717) is 35.1 Å². The normalized spacial score (nSPS) is 14.9. The molecule has 35 heavy (non-hydrogen) atoms. The van der Waals surface area contributed by atoms with Gasteiger partial charge in [0.2, 0.25) is 0 Å². The van der Waals surface area contributed by atoms with Crippen LogP contribution in [0.5, 0.6) is 5.75 Å². The van der Waals surface area contributed by atoms with Gasteiger partial charge in [0.15, 0.2) is 0 Å². The number of hydrogen-bond acceptors (Lipinski definition) is 4. The minimum atomic E-state index is -0.807. The number of halogens is 1. The fourth-order valence-electron chi connectivity index (χ4n) is 4.14. The van der Waals surface area contributed by atoms with Gasteiger partial charge < -0.3 is 4.74 Å². The second-order valence-electron chi connectivity index (χ2n) is 8.41. The Balaban J connectivity index is 1.67. The smallest absolute Gasteiger partial charge is 0.335 e. The molecule has 1 saturated heterocycles. The maximum absolute atomic E-state index is 13.1. The maximum Gasteiger partial charge on any atom is 0.335 e. The van der Waals surface area contributed by atoms with Crippen molar-refractivity contribution in [3.8, 4) is 5.75 Å². The van der Waals surface area contributed by atoms with Gasteiger partial charge in [-0.2, -0.15) is 0 Å². The molecule has 0 aliphatic carbocycles. The Morgan fingerprint density at radius 1 is 0.943 bits per heavy atom. The van der Waals surface area contributed by atoms with Crippen LogP contribution in [0.15, 0.2) is 66.2 Å². The molecule has 0 bridgehead atoms. The topological polar surface area (TPSA) is 75.7 Å². The molecule has 0 saturated carbocycles. The van der Waals surface area contributed by atoms with E-state index in [1.165, 1.54) is 22.8 Å². The SMILES string of the molecule is CCOc1cc(/C=C2\C(=O)NC(=O)N(c3ccc(Cl)cc3)C2=O)ccc1Cc1cc(C)cc(C)c1. The number of ether oxygens (including phenoxy) is 1. The number of hydrogen-bond donors (Lipinski definition) is 1. The molecule has 1 heterocycles. The summed E-state index contributed by atoms with van der Waals surface area (Å²) in [6.45, 7) is 6.51. The van der Waals surface area contributed by atoms with Crippen molar-refractivity contribution in [1.29, 1.82) is 0 Å². The number of anilines is 1. The van der Waals surface area contributed by atoms with Crippen molar-refractivity contribution in [1.82, 2.24) is 5.32 Å². The van der Waals surface area contributed by atoms with E-state index in [1.54, 1.807) is 30.3 Å². The lowest BCUT2D eigenvalue weighted by atomic mass is 9.98. The van der Waals surface area contributed by atoms with Crippen molar-refractivity contribution in [2.75, 3.05) is 11.5 Å². The number of nitrogens with zero attached hydrogens (tertiary/aromatic N) is 1. The molecule has 1 N–H and O–H groups in total. The van der Waals surface area contributed by atoms with Crippen LogP contribution in [0.2, 0.25) is 5.02 Å². The van der Waals surface area contributed by atoms with E-state index >= 15 is 0 Å². The third-order valence-electron chi connectivity index (χ3n) is 5.56. The number of aryl methyl sites for hydroxylation is 2. The number of nitrogens with one attached hydrogen (secondary N) is 1. The van der Waals surface area contributed by atoms with Gasteiger partial charge in [-0.1, -0.05) is 53.1 Å². The summed E-state index contributed by atoms with van der Waals surface area (Å²) in [6, 6.07) is 17.4. The standard InChI is InChI=1S/C28H25ClN2O4/c1-4-35-25-16-19(5-6-21(25)14-20-12-17(2)11-18(3)13-20)15-24-26(32)30-28(34)31(27(24)33)23-9-7-22(29)8-10-23/h5-13,15-16H,4,14H2,1-3H3,(H,30,32,34)/b24-15+. The van der Waals surface area contributed by atoms with Gasteiger partial charge >= 0.3 is 6.03 Å². The van der Waals surface area contributed by atoms with E-state index in [1.807, 2.05) is 19.1 Å². The fraction of sp³-hybridized carbons (Fsp3) is 0.179. The van der Waals surface area contributed by atoms with Gasteiger partial charge in [0.05, 0.1) is 12.3 Å². The van der Waals surface area contributed by atoms with Crippen molar-refractivity contribution >= 4 is 41.2 Å². The van der Waals surface area contributed by atoms with Gasteiger partial charge in [-0.25, -0.2) is 9.69 Å². The summed E-state index contributed by atoms with van der Waals surface area (Å²) >= 11 is 5.92. The molecule has 3 aromatic rings. The first kappa shape index (κ1) is 24.2. The molecule has 4 amide bonds. The summed E-state index contributed by atoms with van der Waals surface area (Å²) < 4.78 is 5.88. The molecule has 1 aliphatic rings. The van der Waals surface area contributed by atoms with Crippen LogP contribution in [-0.2, 0) is 16.0 Å². The van der Waals surface area contributed by atoms with Crippen molar-refractivity contribution < 1.29 is 19.1 Å². The largest absolute Gasteiger partial charge is 0.494 e. The first-order chi connectivity index (χ1) is 16.7. The number of barbiturate groups is 1. The number of carbonyl (C=O) groups excluding carboxylic acids is 3. The monoisotopic (exact) mass is 488 g/mol. The third kappa shape index (κ3) is 5.44. The van der Waals surface area contributed by atoms with Crippen LogP contribution in [0.1, 0.15) is 34.7 Å². The predicted molar refractivity (Wildman–Crippen MR) is 137 cm³/mol. The second kappa shape index (κ2) is 10.2. The Labute approximate surface area is 209 Å². The Morgan fingerprint density at radius 2 is 1.63 bits per heavy atom. The van der Waals surface area contributed by atoms with Crippen LogP contribution < -0.4 is 15.0 Å². The number of imide groups is 2. The molecule has 178 valence electrons. The highest BCUT2D eigenvalue weighted by Crippen LogP contribution is 2.28. The minimum absolute atomic E-state index is 0.149. The highest BCUT2D eigenvalue weighted by molar-refractivity contribution is 6.39. The molecule has 0 spiro atoms. The van der Waals surface area contributed by atoms with Crippen LogP contribution in [-0.4, -0.2) is 24.5 Å². The molecule has 1 fully saturated rings. The average Bonchev–Trinajstić information content (AvgIpc) is 2.79. The summed E-state index contributed by atoms with van der Waals surface area (Å²) in [5.74, 6) is -0.781. The van der Waals surface area contributed by atoms with Gasteiger partial charge in [-0.15, -0.1) is 0 Å². The van der Waals surface area contributed by atoms with Crippen LogP contribution >= 0.6 is 11.6 Å². The fourth-order valence-corrected chi connectivity index (χ4v) is 4.26. The highest BCUT2D eigenvalue weighted by atomic mass is 35.5. The van der Waals surface area contributed by atoms with Crippen LogP contribution in [0.4, 0.5) is 10.5 Å². The van der Waals surface area contributed by atoms with E-state index in [0.717, 1.165) is 10.5 Å². The Bertz CT molecular complexity index is 1330. The molecule has 1 aliphatic heterocycles. The molecular weight excluding hydrogens is 464 g/mol. The maximum atomic E-state index is 13.1. The first-order valence-electron chi connectivity index (χ1n) is 11.2. The Morgan fingerprint density at radius 3 is 2.29 bits per heavy atom. The van der Waals surface area contributed by atoms with Gasteiger partial charge in [-0.05, 0) is 73.9 Å². The van der Waals surface area contributed by atoms with Crippen molar-refractivity contribution in [3.05, 3.63) is 99.1 Å². The van der Waals surface area contributed by atoms with E-state index in [4.69, 9.17) is 16.3 Å². The molecular formula is C28H25ClN2O4. The lowest BCUT2D eigenvalue weighted by Crippen LogP contribution is -2.54. The zero-order valence-corrected chi connectivity index (χ0v) is 20.5. The second-order valence-corrected chi connectivity index (χ2v) is 8.84. The Hall–Kier alpha value is -3.90. The van der Waals surface area contributed by atoms with E-state index in [2.05, 4.69) is 37.4 Å². The first-order valence-corrected chi connectivity index (χ1v) is 11.6. The number of amides is 4. The Kier molecular flexibility index (Phi) is 7.03. The number of carbonyl (C=O) groups is 3. The molecule has 7 heteroatoms. The van der Waals surface area contributed by atoms with Crippen molar-refractivity contribution in [3.63, 3.8) is 0 Å². The van der Waals surface area contributed by atoms with Gasteiger partial charge in [-0.3, -0.25) is 14.9 Å². The lowest BCUT2D eigenvalue weighted by molar-refractivity contribution is -0.122. The molecule has 0 aromatic heterocycles. The van der Waals surface area contributed by atoms with Crippen LogP contribution in [0.25, 0.3) is 6.08 Å². The van der Waals surface area contributed by atoms with E-state index < -0.39 is 17.8 Å². The highest BCUT2D eigenvalue weighted by Gasteiger charge is 2.36. The zero-order chi connectivity index (χ0) is 25.1. The summed E-state index contributed by atoms with van der Waals surface area (Å²) in [6.07, 6.45) is 2.16. The summed E-state index contributed by atoms with van der Waals surface area (Å²) in [7, 11) is 0. The average molecular weight is 489 g/mol. The van der Waals surface area contributed by atoms with E-state index in [9.17, 15) is 14.4 Å². The van der Waals surface area contributed by atoms with E-state index in [-0.39, 0.29) is 5.57 Å². The molecule has 6 nitrogen and oxygen atoms in total. The summed E-state index contributed by atoms with van der Waals surface area (Å²) in [5.41, 5.74) is 5.34. The van der Waals surface area contributed by atoms with Crippen molar-refractivity contribution in [2.45, 2.75) is 27.2 Å². The van der Waals surface area contributed by atoms with Crippen LogP contribution in [0, 0.1) is 13.8 Å². The lowest BCUT2D eigenvalue weighted by Gasteiger charge is -2.26. The number of benzene rings is 3. The zero-order valence-electron chi connectivity index (χ0n) is 19.7. The number of urea groups is 1. The van der Waals surface area contributed by atoms with Gasteiger partial charge in [0, 0.05) is 11.4 Å². The molecule has 4 rings (SSSR count). The van der Waals surface area contributed by atoms with Gasteiger partial charge in [0.25, 0.3) is 11.8 Å². The van der Waals surface area contributed by atoms with Gasteiger partial charge in [0.1, 0.15) is 11.3 Å².